The van der Waals surface area contributed by atoms with Crippen molar-refractivity contribution in [2.75, 3.05) is 7.11 Å². The van der Waals surface area contributed by atoms with Crippen LogP contribution in [-0.2, 0) is 22.5 Å². The van der Waals surface area contributed by atoms with Gasteiger partial charge < -0.3 is 9.26 Å². The Morgan fingerprint density at radius 3 is 2.71 bits per heavy atom. The fourth-order valence-corrected chi connectivity index (χ4v) is 1.42. The van der Waals surface area contributed by atoms with E-state index < -0.39 is 0 Å². The SMILES string of the molecule is CCc1nc(CNC(C(=O)OC)C(C)C)no1. The Bertz CT molecular complexity index is 363. The summed E-state index contributed by atoms with van der Waals surface area (Å²) in [5.41, 5.74) is 0. The zero-order valence-electron chi connectivity index (χ0n) is 10.7. The van der Waals surface area contributed by atoms with E-state index in [0.29, 0.717) is 24.7 Å². The van der Waals surface area contributed by atoms with Crippen molar-refractivity contribution in [2.45, 2.75) is 39.8 Å². The maximum absolute atomic E-state index is 11.5. The summed E-state index contributed by atoms with van der Waals surface area (Å²) in [5.74, 6) is 1.01. The second-order valence-corrected chi connectivity index (χ2v) is 4.08. The quantitative estimate of drug-likeness (QED) is 0.746. The van der Waals surface area contributed by atoms with Gasteiger partial charge in [0, 0.05) is 6.42 Å². The van der Waals surface area contributed by atoms with Crippen LogP contribution in [0.4, 0.5) is 0 Å². The molecule has 1 rings (SSSR count). The molecule has 96 valence electrons. The van der Waals surface area contributed by atoms with Gasteiger partial charge in [-0.1, -0.05) is 25.9 Å². The van der Waals surface area contributed by atoms with Crippen LogP contribution in [-0.4, -0.2) is 29.3 Å². The zero-order valence-corrected chi connectivity index (χ0v) is 10.7. The van der Waals surface area contributed by atoms with E-state index in [1.807, 2.05) is 20.8 Å². The molecule has 0 amide bonds. The second kappa shape index (κ2) is 6.34. The number of esters is 1. The Morgan fingerprint density at radius 2 is 2.24 bits per heavy atom. The molecule has 1 heterocycles. The standard InChI is InChI=1S/C11H19N3O3/c1-5-9-13-8(14-17-9)6-12-10(7(2)3)11(15)16-4/h7,10,12H,5-6H2,1-4H3. The third-order valence-electron chi connectivity index (χ3n) is 2.41. The van der Waals surface area contributed by atoms with Gasteiger partial charge in [0.15, 0.2) is 5.82 Å². The van der Waals surface area contributed by atoms with Gasteiger partial charge in [0.25, 0.3) is 0 Å². The number of carbonyl (C=O) groups is 1. The van der Waals surface area contributed by atoms with Crippen LogP contribution in [0.15, 0.2) is 4.52 Å². The van der Waals surface area contributed by atoms with Crippen molar-refractivity contribution in [3.63, 3.8) is 0 Å². The summed E-state index contributed by atoms with van der Waals surface area (Å²) in [5, 5.41) is 6.87. The van der Waals surface area contributed by atoms with Crippen molar-refractivity contribution < 1.29 is 14.1 Å². The molecule has 1 aromatic rings. The van der Waals surface area contributed by atoms with Crippen LogP contribution >= 0.6 is 0 Å². The number of carbonyl (C=O) groups excluding carboxylic acids is 1. The Balaban J connectivity index is 2.54. The summed E-state index contributed by atoms with van der Waals surface area (Å²) >= 11 is 0. The Morgan fingerprint density at radius 1 is 1.53 bits per heavy atom. The Labute approximate surface area is 101 Å². The number of hydrogen-bond acceptors (Lipinski definition) is 6. The number of rotatable bonds is 6. The first-order valence-corrected chi connectivity index (χ1v) is 5.71. The molecule has 1 aromatic heterocycles. The highest BCUT2D eigenvalue weighted by molar-refractivity contribution is 5.75. The van der Waals surface area contributed by atoms with Crippen molar-refractivity contribution >= 4 is 5.97 Å². The van der Waals surface area contributed by atoms with Crippen LogP contribution in [0.1, 0.15) is 32.5 Å². The first-order chi connectivity index (χ1) is 8.08. The molecule has 1 unspecified atom stereocenters. The first-order valence-electron chi connectivity index (χ1n) is 5.71. The molecule has 1 N–H and O–H groups in total. The maximum atomic E-state index is 11.5. The highest BCUT2D eigenvalue weighted by atomic mass is 16.5. The van der Waals surface area contributed by atoms with Crippen molar-refractivity contribution in [2.24, 2.45) is 5.92 Å². The summed E-state index contributed by atoms with van der Waals surface area (Å²) < 4.78 is 9.70. The van der Waals surface area contributed by atoms with E-state index in [4.69, 9.17) is 9.26 Å². The normalized spacial score (nSPS) is 12.8. The molecule has 0 fully saturated rings. The molecule has 0 radical (unpaired) electrons. The number of aryl methyl sites for hydroxylation is 1. The minimum absolute atomic E-state index is 0.139. The average Bonchev–Trinajstić information content (AvgIpc) is 2.76. The summed E-state index contributed by atoms with van der Waals surface area (Å²) in [4.78, 5) is 15.6. The van der Waals surface area contributed by atoms with Gasteiger partial charge in [-0.2, -0.15) is 4.98 Å². The van der Waals surface area contributed by atoms with Gasteiger partial charge in [0.1, 0.15) is 6.04 Å². The number of nitrogens with one attached hydrogen (secondary N) is 1. The van der Waals surface area contributed by atoms with Crippen LogP contribution in [0.3, 0.4) is 0 Å². The predicted octanol–water partition coefficient (Wildman–Crippen LogP) is 0.919. The second-order valence-electron chi connectivity index (χ2n) is 4.08. The molecule has 6 heteroatoms. The Kier molecular flexibility index (Phi) is 5.09. The molecule has 0 saturated carbocycles. The number of ether oxygens (including phenoxy) is 1. The zero-order chi connectivity index (χ0) is 12.8. The fourth-order valence-electron chi connectivity index (χ4n) is 1.42. The van der Waals surface area contributed by atoms with Crippen molar-refractivity contribution in [3.05, 3.63) is 11.7 Å². The molecule has 1 atom stereocenters. The third-order valence-corrected chi connectivity index (χ3v) is 2.41. The van der Waals surface area contributed by atoms with E-state index in [1.165, 1.54) is 7.11 Å². The van der Waals surface area contributed by atoms with Crippen LogP contribution in [0.25, 0.3) is 0 Å². The van der Waals surface area contributed by atoms with E-state index in [2.05, 4.69) is 15.5 Å². The molecule has 6 nitrogen and oxygen atoms in total. The minimum Gasteiger partial charge on any atom is -0.468 e. The molecule has 0 aliphatic heterocycles. The van der Waals surface area contributed by atoms with Crippen molar-refractivity contribution in [3.8, 4) is 0 Å². The van der Waals surface area contributed by atoms with Gasteiger partial charge in [0.05, 0.1) is 13.7 Å². The smallest absolute Gasteiger partial charge is 0.323 e. The van der Waals surface area contributed by atoms with Gasteiger partial charge in [-0.25, -0.2) is 0 Å². The van der Waals surface area contributed by atoms with Gasteiger partial charge in [0.2, 0.25) is 5.89 Å². The van der Waals surface area contributed by atoms with Crippen LogP contribution in [0, 0.1) is 5.92 Å². The van der Waals surface area contributed by atoms with Gasteiger partial charge in [-0.05, 0) is 5.92 Å². The first kappa shape index (κ1) is 13.6. The van der Waals surface area contributed by atoms with Crippen LogP contribution in [0.2, 0.25) is 0 Å². The molecule has 0 aromatic carbocycles. The minimum atomic E-state index is -0.358. The topological polar surface area (TPSA) is 77.2 Å². The monoisotopic (exact) mass is 241 g/mol. The van der Waals surface area contributed by atoms with Gasteiger partial charge >= 0.3 is 5.97 Å². The summed E-state index contributed by atoms with van der Waals surface area (Å²) in [7, 11) is 1.38. The largest absolute Gasteiger partial charge is 0.468 e. The van der Waals surface area contributed by atoms with Gasteiger partial charge in [-0.15, -0.1) is 0 Å². The van der Waals surface area contributed by atoms with E-state index in [9.17, 15) is 4.79 Å². The third kappa shape index (κ3) is 3.81. The number of hydrogen-bond donors (Lipinski definition) is 1. The molecule has 17 heavy (non-hydrogen) atoms. The summed E-state index contributed by atoms with van der Waals surface area (Å²) in [6.45, 7) is 6.22. The summed E-state index contributed by atoms with van der Waals surface area (Å²) in [6, 6.07) is -0.358. The lowest BCUT2D eigenvalue weighted by Gasteiger charge is -2.18. The Hall–Kier alpha value is -1.43. The van der Waals surface area contributed by atoms with E-state index >= 15 is 0 Å². The number of methoxy groups -OCH3 is 1. The molecule has 0 spiro atoms. The van der Waals surface area contributed by atoms with Gasteiger partial charge in [-0.3, -0.25) is 10.1 Å². The molecule has 0 aliphatic rings. The molecular formula is C11H19N3O3. The molecular weight excluding hydrogens is 222 g/mol. The van der Waals surface area contributed by atoms with Crippen LogP contribution in [0.5, 0.6) is 0 Å². The lowest BCUT2D eigenvalue weighted by molar-refractivity contribution is -0.144. The molecule has 0 bridgehead atoms. The van der Waals surface area contributed by atoms with E-state index in [1.54, 1.807) is 0 Å². The van der Waals surface area contributed by atoms with Crippen molar-refractivity contribution in [1.82, 2.24) is 15.5 Å². The lowest BCUT2D eigenvalue weighted by Crippen LogP contribution is -2.41. The predicted molar refractivity (Wildman–Crippen MR) is 61.2 cm³/mol. The maximum Gasteiger partial charge on any atom is 0.323 e. The highest BCUT2D eigenvalue weighted by Crippen LogP contribution is 2.05. The fraction of sp³-hybridized carbons (Fsp3) is 0.727. The highest BCUT2D eigenvalue weighted by Gasteiger charge is 2.22. The molecule has 0 aliphatic carbocycles. The number of nitrogens with zero attached hydrogens (tertiary/aromatic N) is 2. The number of aromatic nitrogens is 2. The lowest BCUT2D eigenvalue weighted by atomic mass is 10.0. The molecule has 0 saturated heterocycles. The van der Waals surface area contributed by atoms with E-state index in [0.717, 1.165) is 0 Å². The summed E-state index contributed by atoms with van der Waals surface area (Å²) in [6.07, 6.45) is 0.706. The van der Waals surface area contributed by atoms with Crippen molar-refractivity contribution in [1.29, 1.82) is 0 Å². The van der Waals surface area contributed by atoms with Crippen LogP contribution < -0.4 is 5.32 Å². The average molecular weight is 241 g/mol. The van der Waals surface area contributed by atoms with E-state index in [-0.39, 0.29) is 17.9 Å².